The normalized spacial score (nSPS) is 11.7. The van der Waals surface area contributed by atoms with Gasteiger partial charge in [0.1, 0.15) is 11.5 Å². The van der Waals surface area contributed by atoms with E-state index in [1.54, 1.807) is 18.2 Å². The van der Waals surface area contributed by atoms with Crippen molar-refractivity contribution in [2.75, 3.05) is 24.4 Å². The van der Waals surface area contributed by atoms with E-state index >= 15 is 0 Å². The molecule has 1 aliphatic rings. The number of nitrogens with one attached hydrogen (secondary N) is 2. The molecule has 5 rings (SSSR count). The van der Waals surface area contributed by atoms with Crippen molar-refractivity contribution in [1.29, 1.82) is 0 Å². The van der Waals surface area contributed by atoms with Gasteiger partial charge in [-0.05, 0) is 53.6 Å². The first kappa shape index (κ1) is 23.8. The standard InChI is InChI=1S/C28H23N3O6/c1-36-25-14-12-19(31(34)35)15-23(25)30-28(33)21-6-2-3-8-24(21)37-16-26(32)29-22-13-11-18-10-9-17-5-4-7-20(22)27(17)18/h2-8,11-15H,9-10,16H2,1H3,(H,29,32)(H,30,33). The molecule has 2 N–H and O–H groups in total. The van der Waals surface area contributed by atoms with Crippen molar-refractivity contribution >= 4 is 39.6 Å². The van der Waals surface area contributed by atoms with Gasteiger partial charge < -0.3 is 20.1 Å². The lowest BCUT2D eigenvalue weighted by Crippen LogP contribution is -2.22. The van der Waals surface area contributed by atoms with E-state index in [1.807, 2.05) is 24.3 Å². The van der Waals surface area contributed by atoms with Crippen LogP contribution in [0.3, 0.4) is 0 Å². The molecule has 1 aliphatic carbocycles. The Labute approximate surface area is 212 Å². The summed E-state index contributed by atoms with van der Waals surface area (Å²) in [6.45, 7) is -0.312. The van der Waals surface area contributed by atoms with Crippen molar-refractivity contribution in [2.45, 2.75) is 12.8 Å². The van der Waals surface area contributed by atoms with Gasteiger partial charge in [0.2, 0.25) is 0 Å². The molecule has 9 nitrogen and oxygen atoms in total. The summed E-state index contributed by atoms with van der Waals surface area (Å²) >= 11 is 0. The first-order valence-corrected chi connectivity index (χ1v) is 11.6. The second kappa shape index (κ2) is 9.98. The summed E-state index contributed by atoms with van der Waals surface area (Å²) in [5.41, 5.74) is 3.37. The molecule has 0 atom stereocenters. The van der Waals surface area contributed by atoms with Gasteiger partial charge in [-0.3, -0.25) is 19.7 Å². The number of ether oxygens (including phenoxy) is 2. The van der Waals surface area contributed by atoms with Crippen LogP contribution in [0.4, 0.5) is 17.1 Å². The van der Waals surface area contributed by atoms with E-state index in [4.69, 9.17) is 9.47 Å². The van der Waals surface area contributed by atoms with Crippen LogP contribution >= 0.6 is 0 Å². The number of aryl methyl sites for hydroxylation is 2. The second-order valence-electron chi connectivity index (χ2n) is 8.54. The molecule has 0 spiro atoms. The summed E-state index contributed by atoms with van der Waals surface area (Å²) in [6, 6.07) is 20.4. The number of benzene rings is 4. The van der Waals surface area contributed by atoms with Crippen molar-refractivity contribution in [2.24, 2.45) is 0 Å². The van der Waals surface area contributed by atoms with Crippen molar-refractivity contribution in [3.63, 3.8) is 0 Å². The predicted octanol–water partition coefficient (Wildman–Crippen LogP) is 5.13. The molecular formula is C28H23N3O6. The quantitative estimate of drug-likeness (QED) is 0.257. The first-order chi connectivity index (χ1) is 17.9. The Hall–Kier alpha value is -4.92. The van der Waals surface area contributed by atoms with Crippen molar-refractivity contribution in [1.82, 2.24) is 0 Å². The largest absolute Gasteiger partial charge is 0.495 e. The van der Waals surface area contributed by atoms with Gasteiger partial charge in [-0.1, -0.05) is 36.4 Å². The number of nitrogens with zero attached hydrogens (tertiary/aromatic N) is 1. The van der Waals surface area contributed by atoms with Gasteiger partial charge in [0, 0.05) is 23.2 Å². The van der Waals surface area contributed by atoms with Crippen LogP contribution in [0.2, 0.25) is 0 Å². The first-order valence-electron chi connectivity index (χ1n) is 11.6. The molecule has 0 saturated carbocycles. The third-order valence-corrected chi connectivity index (χ3v) is 6.28. The summed E-state index contributed by atoms with van der Waals surface area (Å²) < 4.78 is 10.9. The van der Waals surface area contributed by atoms with Crippen LogP contribution in [0.1, 0.15) is 21.5 Å². The molecule has 0 heterocycles. The zero-order chi connectivity index (χ0) is 25.9. The fraction of sp³-hybridized carbons (Fsp3) is 0.143. The third-order valence-electron chi connectivity index (χ3n) is 6.28. The summed E-state index contributed by atoms with van der Waals surface area (Å²) in [7, 11) is 1.40. The number of nitro groups is 1. The van der Waals surface area contributed by atoms with E-state index in [9.17, 15) is 19.7 Å². The lowest BCUT2D eigenvalue weighted by atomic mass is 10.0. The monoisotopic (exact) mass is 497 g/mol. The molecule has 0 saturated heterocycles. The molecule has 37 heavy (non-hydrogen) atoms. The molecule has 4 aromatic rings. The maximum atomic E-state index is 13.0. The maximum Gasteiger partial charge on any atom is 0.271 e. The topological polar surface area (TPSA) is 120 Å². The van der Waals surface area contributed by atoms with Crippen LogP contribution < -0.4 is 20.1 Å². The Bertz CT molecular complexity index is 1540. The molecule has 0 aliphatic heterocycles. The zero-order valence-corrected chi connectivity index (χ0v) is 19.9. The second-order valence-corrected chi connectivity index (χ2v) is 8.54. The maximum absolute atomic E-state index is 13.0. The van der Waals surface area contributed by atoms with Crippen LogP contribution in [0, 0.1) is 10.1 Å². The van der Waals surface area contributed by atoms with Crippen LogP contribution in [0.5, 0.6) is 11.5 Å². The van der Waals surface area contributed by atoms with E-state index in [0.29, 0.717) is 5.69 Å². The molecule has 0 radical (unpaired) electrons. The molecule has 2 amide bonds. The Kier molecular flexibility index (Phi) is 6.42. The number of carbonyl (C=O) groups is 2. The molecule has 9 heteroatoms. The van der Waals surface area contributed by atoms with Gasteiger partial charge >= 0.3 is 0 Å². The van der Waals surface area contributed by atoms with Gasteiger partial charge in [-0.15, -0.1) is 0 Å². The zero-order valence-electron chi connectivity index (χ0n) is 19.9. The Morgan fingerprint density at radius 1 is 0.892 bits per heavy atom. The molecular weight excluding hydrogens is 474 g/mol. The van der Waals surface area contributed by atoms with Crippen LogP contribution in [-0.2, 0) is 17.6 Å². The van der Waals surface area contributed by atoms with Crippen LogP contribution in [0.15, 0.2) is 72.8 Å². The number of rotatable bonds is 8. The highest BCUT2D eigenvalue weighted by molar-refractivity contribution is 6.07. The van der Waals surface area contributed by atoms with Gasteiger partial charge in [0.25, 0.3) is 17.5 Å². The number of carbonyl (C=O) groups excluding carboxylic acids is 2. The molecule has 4 aromatic carbocycles. The van der Waals surface area contributed by atoms with Gasteiger partial charge in [0.15, 0.2) is 6.61 Å². The van der Waals surface area contributed by atoms with E-state index in [0.717, 1.165) is 18.2 Å². The van der Waals surface area contributed by atoms with E-state index in [2.05, 4.69) is 16.7 Å². The van der Waals surface area contributed by atoms with Gasteiger partial charge in [-0.25, -0.2) is 0 Å². The third kappa shape index (κ3) is 4.79. The highest BCUT2D eigenvalue weighted by Crippen LogP contribution is 2.35. The number of nitro benzene ring substituents is 1. The van der Waals surface area contributed by atoms with Crippen LogP contribution in [0.25, 0.3) is 10.8 Å². The number of hydrogen-bond acceptors (Lipinski definition) is 6. The van der Waals surface area contributed by atoms with Crippen molar-refractivity contribution in [3.05, 3.63) is 99.6 Å². The predicted molar refractivity (Wildman–Crippen MR) is 140 cm³/mol. The number of methoxy groups -OCH3 is 1. The molecule has 0 aromatic heterocycles. The number of amides is 2. The minimum Gasteiger partial charge on any atom is -0.495 e. The fourth-order valence-corrected chi connectivity index (χ4v) is 4.56. The SMILES string of the molecule is COc1ccc([N+](=O)[O-])cc1NC(=O)c1ccccc1OCC(=O)Nc1ccc2c3c(cccc13)CC2. The van der Waals surface area contributed by atoms with E-state index in [-0.39, 0.29) is 41.0 Å². The molecule has 0 unspecified atom stereocenters. The number of anilines is 2. The summed E-state index contributed by atoms with van der Waals surface area (Å²) in [5, 5.41) is 18.9. The number of non-ortho nitro benzene ring substituents is 1. The number of hydrogen-bond donors (Lipinski definition) is 2. The van der Waals surface area contributed by atoms with Crippen molar-refractivity contribution < 1.29 is 24.0 Å². The lowest BCUT2D eigenvalue weighted by molar-refractivity contribution is -0.384. The molecule has 0 bridgehead atoms. The lowest BCUT2D eigenvalue weighted by Gasteiger charge is -2.14. The minimum atomic E-state index is -0.567. The highest BCUT2D eigenvalue weighted by Gasteiger charge is 2.19. The van der Waals surface area contributed by atoms with Gasteiger partial charge in [0.05, 0.1) is 23.3 Å². The van der Waals surface area contributed by atoms with Crippen molar-refractivity contribution in [3.8, 4) is 11.5 Å². The summed E-state index contributed by atoms with van der Waals surface area (Å²) in [4.78, 5) is 36.4. The fourth-order valence-electron chi connectivity index (χ4n) is 4.56. The average molecular weight is 498 g/mol. The molecule has 186 valence electrons. The van der Waals surface area contributed by atoms with Gasteiger partial charge in [-0.2, -0.15) is 0 Å². The van der Waals surface area contributed by atoms with E-state index < -0.39 is 10.8 Å². The molecule has 0 fully saturated rings. The summed E-state index contributed by atoms with van der Waals surface area (Å²) in [6.07, 6.45) is 1.99. The minimum absolute atomic E-state index is 0.140. The van der Waals surface area contributed by atoms with Crippen LogP contribution in [-0.4, -0.2) is 30.5 Å². The number of para-hydroxylation sites is 1. The highest BCUT2D eigenvalue weighted by atomic mass is 16.6. The smallest absolute Gasteiger partial charge is 0.271 e. The average Bonchev–Trinajstić information content (AvgIpc) is 3.33. The van der Waals surface area contributed by atoms with E-state index in [1.165, 1.54) is 47.9 Å². The Morgan fingerprint density at radius 2 is 1.68 bits per heavy atom. The Balaban J connectivity index is 1.30. The Morgan fingerprint density at radius 3 is 2.46 bits per heavy atom. The summed E-state index contributed by atoms with van der Waals surface area (Å²) in [5.74, 6) is -0.474.